The van der Waals surface area contributed by atoms with E-state index in [0.29, 0.717) is 0 Å². The minimum atomic E-state index is -4.39. The molecular formula is C13H13F3N4OS. The van der Waals surface area contributed by atoms with Gasteiger partial charge in [-0.05, 0) is 32.2 Å². The molecule has 0 bridgehead atoms. The van der Waals surface area contributed by atoms with Crippen LogP contribution in [0, 0.1) is 0 Å². The molecule has 0 radical (unpaired) electrons. The van der Waals surface area contributed by atoms with Crippen LogP contribution in [-0.4, -0.2) is 27.7 Å². The van der Waals surface area contributed by atoms with Crippen LogP contribution in [0.5, 0.6) is 0 Å². The normalized spacial score (nSPS) is 24.0. The maximum Gasteiger partial charge on any atom is 0.401 e. The maximum atomic E-state index is 13.2. The lowest BCUT2D eigenvalue weighted by atomic mass is 10.1. The van der Waals surface area contributed by atoms with Crippen LogP contribution in [0.2, 0.25) is 0 Å². The molecule has 1 aliphatic heterocycles. The zero-order chi connectivity index (χ0) is 15.5. The predicted molar refractivity (Wildman–Crippen MR) is 75.0 cm³/mol. The van der Waals surface area contributed by atoms with Crippen molar-refractivity contribution in [1.29, 1.82) is 0 Å². The van der Waals surface area contributed by atoms with Crippen LogP contribution in [0.15, 0.2) is 4.79 Å². The number of nitrogens with one attached hydrogen (secondary N) is 2. The smallest absolute Gasteiger partial charge is 0.308 e. The van der Waals surface area contributed by atoms with Gasteiger partial charge >= 0.3 is 6.18 Å². The maximum absolute atomic E-state index is 13.2. The van der Waals surface area contributed by atoms with E-state index in [1.807, 2.05) is 0 Å². The van der Waals surface area contributed by atoms with E-state index in [1.54, 1.807) is 0 Å². The number of aromatic amines is 1. The van der Waals surface area contributed by atoms with Crippen molar-refractivity contribution in [1.82, 2.24) is 20.3 Å². The Morgan fingerprint density at radius 2 is 2.05 bits per heavy atom. The van der Waals surface area contributed by atoms with Crippen molar-refractivity contribution in [3.63, 3.8) is 0 Å². The summed E-state index contributed by atoms with van der Waals surface area (Å²) in [5.74, 6) is -0.271. The molecule has 4 rings (SSSR count). The number of nitrogens with zero attached hydrogens (tertiary/aromatic N) is 2. The Bertz CT molecular complexity index is 787. The van der Waals surface area contributed by atoms with Crippen molar-refractivity contribution in [2.45, 2.75) is 43.3 Å². The number of hydrogen-bond acceptors (Lipinski definition) is 5. The first-order chi connectivity index (χ1) is 10.4. The van der Waals surface area contributed by atoms with Crippen molar-refractivity contribution in [2.75, 3.05) is 6.54 Å². The van der Waals surface area contributed by atoms with Gasteiger partial charge in [0.15, 0.2) is 10.3 Å². The lowest BCUT2D eigenvalue weighted by Gasteiger charge is -2.17. The molecule has 2 aromatic rings. The number of aromatic nitrogens is 3. The van der Waals surface area contributed by atoms with Gasteiger partial charge in [-0.3, -0.25) is 4.79 Å². The number of fused-ring (bicyclic) bond motifs is 1. The summed E-state index contributed by atoms with van der Waals surface area (Å²) in [5.41, 5.74) is -2.43. The summed E-state index contributed by atoms with van der Waals surface area (Å²) in [6.45, 7) is 0.882. The predicted octanol–water partition coefficient (Wildman–Crippen LogP) is 2.40. The molecule has 0 aromatic carbocycles. The minimum absolute atomic E-state index is 0.0270. The van der Waals surface area contributed by atoms with Gasteiger partial charge < -0.3 is 10.3 Å². The summed E-state index contributed by atoms with van der Waals surface area (Å²) in [4.78, 5) is 23.0. The summed E-state index contributed by atoms with van der Waals surface area (Å²) in [7, 11) is 0. The Labute approximate surface area is 127 Å². The monoisotopic (exact) mass is 330 g/mol. The van der Waals surface area contributed by atoms with Crippen molar-refractivity contribution < 1.29 is 13.2 Å². The van der Waals surface area contributed by atoms with Gasteiger partial charge in [-0.15, -0.1) is 0 Å². The summed E-state index contributed by atoms with van der Waals surface area (Å²) >= 11 is 1.21. The third-order valence-corrected chi connectivity index (χ3v) is 5.45. The fraction of sp³-hybridized carbons (Fsp3) is 0.615. The Morgan fingerprint density at radius 3 is 2.64 bits per heavy atom. The standard InChI is InChI=1S/C13H13F3N4OS/c14-13(15,16)12(3-4-12)11-19-8(21)7-10(20-11)22-9(18-7)6-2-1-5-17-6/h6,17H,1-5H2,(H,19,20,21)/t6-/m1/s1. The molecule has 0 spiro atoms. The molecule has 2 aromatic heterocycles. The van der Waals surface area contributed by atoms with Crippen LogP contribution in [0.25, 0.3) is 10.3 Å². The molecule has 1 saturated carbocycles. The van der Waals surface area contributed by atoms with E-state index in [1.165, 1.54) is 11.3 Å². The molecule has 5 nitrogen and oxygen atoms in total. The van der Waals surface area contributed by atoms with Gasteiger partial charge in [0.2, 0.25) is 0 Å². The average molecular weight is 330 g/mol. The Kier molecular flexibility index (Phi) is 2.90. The van der Waals surface area contributed by atoms with Crippen LogP contribution < -0.4 is 10.9 Å². The molecule has 0 unspecified atom stereocenters. The highest BCUT2D eigenvalue weighted by Gasteiger charge is 2.66. The molecule has 2 aliphatic rings. The zero-order valence-corrected chi connectivity index (χ0v) is 12.3. The summed E-state index contributed by atoms with van der Waals surface area (Å²) in [6.07, 6.45) is -2.51. The Hall–Kier alpha value is -1.48. The fourth-order valence-electron chi connectivity index (χ4n) is 2.90. The summed E-state index contributed by atoms with van der Waals surface area (Å²) < 4.78 is 39.5. The van der Waals surface area contributed by atoms with E-state index < -0.39 is 17.2 Å². The largest absolute Gasteiger partial charge is 0.401 e. The first-order valence-electron chi connectivity index (χ1n) is 7.12. The molecule has 3 heterocycles. The SMILES string of the molecule is O=c1[nH]c(C2(C(F)(F)F)CC2)nc2sc([C@H]3CCCN3)nc12. The molecule has 2 N–H and O–H groups in total. The summed E-state index contributed by atoms with van der Waals surface area (Å²) in [5, 5.41) is 3.98. The topological polar surface area (TPSA) is 70.7 Å². The Balaban J connectivity index is 1.81. The lowest BCUT2D eigenvalue weighted by molar-refractivity contribution is -0.162. The number of rotatable bonds is 2. The number of alkyl halides is 3. The average Bonchev–Trinajstić information content (AvgIpc) is 2.92. The number of hydrogen-bond donors (Lipinski definition) is 2. The highest BCUT2D eigenvalue weighted by Crippen LogP contribution is 2.57. The van der Waals surface area contributed by atoms with Crippen molar-refractivity contribution in [3.05, 3.63) is 21.2 Å². The van der Waals surface area contributed by atoms with Gasteiger partial charge in [0.05, 0.1) is 6.04 Å². The molecular weight excluding hydrogens is 317 g/mol. The second kappa shape index (κ2) is 4.51. The third-order valence-electron chi connectivity index (χ3n) is 4.39. The van der Waals surface area contributed by atoms with E-state index in [2.05, 4.69) is 20.3 Å². The first kappa shape index (κ1) is 14.1. The molecule has 9 heteroatoms. The van der Waals surface area contributed by atoms with Gasteiger partial charge in [-0.2, -0.15) is 13.2 Å². The lowest BCUT2D eigenvalue weighted by Crippen LogP contribution is -2.32. The van der Waals surface area contributed by atoms with Crippen molar-refractivity contribution in [3.8, 4) is 0 Å². The van der Waals surface area contributed by atoms with Crippen LogP contribution >= 0.6 is 11.3 Å². The quantitative estimate of drug-likeness (QED) is 0.887. The molecule has 1 saturated heterocycles. The molecule has 1 atom stereocenters. The van der Waals surface area contributed by atoms with Crippen molar-refractivity contribution >= 4 is 21.7 Å². The van der Waals surface area contributed by atoms with E-state index in [-0.39, 0.29) is 35.1 Å². The second-order valence-electron chi connectivity index (χ2n) is 5.85. The van der Waals surface area contributed by atoms with Crippen LogP contribution in [0.1, 0.15) is 42.6 Å². The van der Waals surface area contributed by atoms with Gasteiger partial charge in [-0.25, -0.2) is 9.97 Å². The molecule has 1 aliphatic carbocycles. The number of H-pyrrole nitrogens is 1. The fourth-order valence-corrected chi connectivity index (χ4v) is 3.95. The molecule has 118 valence electrons. The first-order valence-corrected chi connectivity index (χ1v) is 7.94. The van der Waals surface area contributed by atoms with E-state index >= 15 is 0 Å². The second-order valence-corrected chi connectivity index (χ2v) is 6.86. The molecule has 0 amide bonds. The third kappa shape index (κ3) is 1.98. The van der Waals surface area contributed by atoms with Gasteiger partial charge in [0, 0.05) is 0 Å². The van der Waals surface area contributed by atoms with E-state index in [4.69, 9.17) is 0 Å². The van der Waals surface area contributed by atoms with Gasteiger partial charge in [0.1, 0.15) is 16.2 Å². The number of halogens is 3. The van der Waals surface area contributed by atoms with Crippen molar-refractivity contribution in [2.24, 2.45) is 0 Å². The van der Waals surface area contributed by atoms with Gasteiger partial charge in [0.25, 0.3) is 5.56 Å². The number of thiazole rings is 1. The highest BCUT2D eigenvalue weighted by atomic mass is 32.1. The van der Waals surface area contributed by atoms with Crippen LogP contribution in [0.3, 0.4) is 0 Å². The van der Waals surface area contributed by atoms with E-state index in [0.717, 1.165) is 24.4 Å². The van der Waals surface area contributed by atoms with Crippen LogP contribution in [-0.2, 0) is 5.41 Å². The van der Waals surface area contributed by atoms with Crippen LogP contribution in [0.4, 0.5) is 13.2 Å². The minimum Gasteiger partial charge on any atom is -0.308 e. The Morgan fingerprint density at radius 1 is 1.27 bits per heavy atom. The summed E-state index contributed by atoms with van der Waals surface area (Å²) in [6, 6.07) is 0.0690. The van der Waals surface area contributed by atoms with Gasteiger partial charge in [-0.1, -0.05) is 11.3 Å². The molecule has 2 fully saturated rings. The zero-order valence-electron chi connectivity index (χ0n) is 11.5. The molecule has 22 heavy (non-hydrogen) atoms. The van der Waals surface area contributed by atoms with E-state index in [9.17, 15) is 18.0 Å². The highest BCUT2D eigenvalue weighted by molar-refractivity contribution is 7.18.